The highest BCUT2D eigenvalue weighted by atomic mass is 35.5. The molecule has 0 saturated heterocycles. The van der Waals surface area contributed by atoms with Crippen LogP contribution in [0.3, 0.4) is 0 Å². The van der Waals surface area contributed by atoms with Gasteiger partial charge >= 0.3 is 0 Å². The highest BCUT2D eigenvalue weighted by Gasteiger charge is 2.22. The predicted octanol–water partition coefficient (Wildman–Crippen LogP) is 6.55. The maximum absolute atomic E-state index is 13.8. The summed E-state index contributed by atoms with van der Waals surface area (Å²) >= 11 is 10.2. The van der Waals surface area contributed by atoms with Crippen molar-refractivity contribution in [2.24, 2.45) is 0 Å². The van der Waals surface area contributed by atoms with Crippen LogP contribution in [0.25, 0.3) is 10.9 Å². The summed E-state index contributed by atoms with van der Waals surface area (Å²) in [6.45, 7) is 4.08. The Morgan fingerprint density at radius 1 is 1.16 bits per heavy atom. The summed E-state index contributed by atoms with van der Waals surface area (Å²) in [6, 6.07) is 16.6. The number of hydrogen-bond acceptors (Lipinski definition) is 8. The number of anilines is 3. The SMILES string of the molecule is CC(C)n1cc([C@@H](Nc2cc(Cl)cc3c(Nc4ccc(F)c(Cl)c4)c(C#N)cnc23)c2cccc(CNS(=O)[O-])c2)nn1. The standard InChI is InChI=1S/C29H25Cl2FN8O2S/c1-16(2)40-15-26(38-39-40)28(18-5-3-4-17(8-18)13-35-43(41)42)37-25-10-20(30)9-22-27(19(12-33)14-34-29(22)25)36-21-6-7-24(32)23(31)11-21/h3-11,14-16,28,35,37H,13H2,1-2H3,(H,34,36)(H,41,42)/p-1/t28-/m0/s1. The van der Waals surface area contributed by atoms with Crippen LogP contribution in [0.4, 0.5) is 21.5 Å². The lowest BCUT2D eigenvalue weighted by molar-refractivity contribution is 0.514. The molecule has 0 bridgehead atoms. The van der Waals surface area contributed by atoms with E-state index in [1.165, 1.54) is 24.4 Å². The van der Waals surface area contributed by atoms with Gasteiger partial charge in [-0.1, -0.05) is 52.7 Å². The van der Waals surface area contributed by atoms with E-state index in [2.05, 4.69) is 36.7 Å². The molecule has 0 amide bonds. The Morgan fingerprint density at radius 3 is 2.67 bits per heavy atom. The van der Waals surface area contributed by atoms with Gasteiger partial charge in [-0.25, -0.2) is 13.8 Å². The number of hydrogen-bond donors (Lipinski definition) is 3. The van der Waals surface area contributed by atoms with Crippen molar-refractivity contribution in [2.75, 3.05) is 10.6 Å². The molecule has 0 fully saturated rings. The van der Waals surface area contributed by atoms with Gasteiger partial charge in [-0.3, -0.25) is 9.19 Å². The van der Waals surface area contributed by atoms with Crippen molar-refractivity contribution in [1.29, 1.82) is 5.26 Å². The van der Waals surface area contributed by atoms with E-state index in [0.29, 0.717) is 38.7 Å². The van der Waals surface area contributed by atoms with Crippen LogP contribution in [-0.4, -0.2) is 28.7 Å². The van der Waals surface area contributed by atoms with Crippen LogP contribution in [0.15, 0.2) is 67.0 Å². The number of halogens is 3. The molecule has 0 radical (unpaired) electrons. The molecule has 5 aromatic rings. The van der Waals surface area contributed by atoms with Crippen LogP contribution >= 0.6 is 23.2 Å². The van der Waals surface area contributed by atoms with E-state index in [1.807, 2.05) is 44.3 Å². The van der Waals surface area contributed by atoms with E-state index in [1.54, 1.807) is 16.8 Å². The summed E-state index contributed by atoms with van der Waals surface area (Å²) in [4.78, 5) is 4.58. The van der Waals surface area contributed by atoms with Gasteiger partial charge in [0.25, 0.3) is 0 Å². The van der Waals surface area contributed by atoms with Crippen molar-refractivity contribution in [1.82, 2.24) is 24.7 Å². The van der Waals surface area contributed by atoms with Crippen molar-refractivity contribution >= 4 is 62.4 Å². The summed E-state index contributed by atoms with van der Waals surface area (Å²) < 4.78 is 40.1. The van der Waals surface area contributed by atoms with E-state index in [0.717, 1.165) is 11.1 Å². The van der Waals surface area contributed by atoms with E-state index >= 15 is 0 Å². The van der Waals surface area contributed by atoms with Crippen molar-refractivity contribution in [3.05, 3.63) is 105 Å². The smallest absolute Gasteiger partial charge is 0.141 e. The molecule has 2 aromatic heterocycles. The van der Waals surface area contributed by atoms with Crippen LogP contribution in [0.2, 0.25) is 10.0 Å². The summed E-state index contributed by atoms with van der Waals surface area (Å²) in [5, 5.41) is 26.1. The van der Waals surface area contributed by atoms with Gasteiger partial charge in [0.15, 0.2) is 0 Å². The first kappa shape index (κ1) is 30.3. The van der Waals surface area contributed by atoms with E-state index in [-0.39, 0.29) is 23.2 Å². The average Bonchev–Trinajstić information content (AvgIpc) is 3.47. The second kappa shape index (κ2) is 13.0. The molecule has 0 aliphatic heterocycles. The molecule has 0 aliphatic carbocycles. The Morgan fingerprint density at radius 2 is 1.98 bits per heavy atom. The number of nitrogens with one attached hydrogen (secondary N) is 3. The molecule has 14 heteroatoms. The summed E-state index contributed by atoms with van der Waals surface area (Å²) in [6.07, 6.45) is 3.27. The molecule has 3 N–H and O–H groups in total. The quantitative estimate of drug-likeness (QED) is 0.146. The fourth-order valence-corrected chi connectivity index (χ4v) is 5.18. The minimum Gasteiger partial charge on any atom is -0.760 e. The summed E-state index contributed by atoms with van der Waals surface area (Å²) in [5.74, 6) is -0.566. The van der Waals surface area contributed by atoms with Gasteiger partial charge in [0.2, 0.25) is 0 Å². The van der Waals surface area contributed by atoms with Gasteiger partial charge in [0.05, 0.1) is 39.7 Å². The van der Waals surface area contributed by atoms with Crippen molar-refractivity contribution in [3.63, 3.8) is 0 Å². The second-order valence-corrected chi connectivity index (χ2v) is 11.5. The second-order valence-electron chi connectivity index (χ2n) is 9.86. The van der Waals surface area contributed by atoms with Gasteiger partial charge < -0.3 is 15.2 Å². The molecular weight excluding hydrogens is 614 g/mol. The zero-order chi connectivity index (χ0) is 30.7. The van der Waals surface area contributed by atoms with Crippen molar-refractivity contribution in [2.45, 2.75) is 32.5 Å². The maximum Gasteiger partial charge on any atom is 0.141 e. The zero-order valence-corrected chi connectivity index (χ0v) is 25.1. The van der Waals surface area contributed by atoms with Crippen LogP contribution in [0.1, 0.15) is 48.3 Å². The minimum atomic E-state index is -2.41. The molecule has 0 saturated carbocycles. The normalized spacial score (nSPS) is 12.7. The van der Waals surface area contributed by atoms with Crippen LogP contribution < -0.4 is 15.4 Å². The maximum atomic E-state index is 13.8. The predicted molar refractivity (Wildman–Crippen MR) is 164 cm³/mol. The number of aromatic nitrogens is 4. The molecule has 0 spiro atoms. The average molecular weight is 639 g/mol. The minimum absolute atomic E-state index is 0.0659. The molecule has 10 nitrogen and oxygen atoms in total. The topological polar surface area (TPSA) is 144 Å². The van der Waals surface area contributed by atoms with Crippen molar-refractivity contribution in [3.8, 4) is 6.07 Å². The van der Waals surface area contributed by atoms with Gasteiger partial charge in [-0.2, -0.15) is 5.26 Å². The molecule has 220 valence electrons. The molecule has 0 aliphatic rings. The van der Waals surface area contributed by atoms with Gasteiger partial charge in [0, 0.05) is 46.1 Å². The van der Waals surface area contributed by atoms with Gasteiger partial charge in [-0.15, -0.1) is 5.10 Å². The van der Waals surface area contributed by atoms with Crippen LogP contribution in [0, 0.1) is 17.1 Å². The first-order chi connectivity index (χ1) is 20.6. The third kappa shape index (κ3) is 6.93. The lowest BCUT2D eigenvalue weighted by Crippen LogP contribution is -2.17. The number of benzene rings is 3. The molecule has 2 heterocycles. The summed E-state index contributed by atoms with van der Waals surface area (Å²) in [5.41, 5.74) is 4.30. The highest BCUT2D eigenvalue weighted by molar-refractivity contribution is 7.77. The Kier molecular flexibility index (Phi) is 9.19. The fourth-order valence-electron chi connectivity index (χ4n) is 4.50. The number of pyridine rings is 1. The Hall–Kier alpha value is -4.12. The van der Waals surface area contributed by atoms with Gasteiger partial charge in [-0.05, 0) is 55.3 Å². The third-order valence-corrected chi connectivity index (χ3v) is 7.46. The van der Waals surface area contributed by atoms with Crippen LogP contribution in [-0.2, 0) is 17.8 Å². The summed E-state index contributed by atoms with van der Waals surface area (Å²) in [7, 11) is 0. The van der Waals surface area contributed by atoms with Crippen molar-refractivity contribution < 1.29 is 13.2 Å². The molecular formula is C29H24Cl2FN8O2S-. The third-order valence-electron chi connectivity index (χ3n) is 6.58. The van der Waals surface area contributed by atoms with E-state index in [4.69, 9.17) is 23.2 Å². The Balaban J connectivity index is 1.62. The van der Waals surface area contributed by atoms with Gasteiger partial charge in [0.1, 0.15) is 17.6 Å². The Bertz CT molecular complexity index is 1880. The largest absolute Gasteiger partial charge is 0.760 e. The lowest BCUT2D eigenvalue weighted by Gasteiger charge is -2.21. The molecule has 1 unspecified atom stereocenters. The number of nitriles is 1. The lowest BCUT2D eigenvalue weighted by atomic mass is 10.0. The number of rotatable bonds is 10. The molecule has 43 heavy (non-hydrogen) atoms. The van der Waals surface area contributed by atoms with Crippen LogP contribution in [0.5, 0.6) is 0 Å². The fraction of sp³-hybridized carbons (Fsp3) is 0.172. The monoisotopic (exact) mass is 637 g/mol. The molecule has 2 atom stereocenters. The number of fused-ring (bicyclic) bond motifs is 1. The molecule has 5 rings (SSSR count). The Labute approximate surface area is 259 Å². The highest BCUT2D eigenvalue weighted by Crippen LogP contribution is 2.38. The van der Waals surface area contributed by atoms with E-state index in [9.17, 15) is 18.4 Å². The first-order valence-corrected chi connectivity index (χ1v) is 14.8. The number of nitrogens with zero attached hydrogens (tertiary/aromatic N) is 5. The zero-order valence-electron chi connectivity index (χ0n) is 22.8. The first-order valence-electron chi connectivity index (χ1n) is 13.0. The molecule has 3 aromatic carbocycles. The van der Waals surface area contributed by atoms with E-state index < -0.39 is 23.1 Å².